The number of piperazine rings is 1. The number of hydrogen-bond acceptors (Lipinski definition) is 2. The van der Waals surface area contributed by atoms with Crippen molar-refractivity contribution in [2.45, 2.75) is 33.6 Å². The van der Waals surface area contributed by atoms with Crippen molar-refractivity contribution in [1.29, 1.82) is 0 Å². The number of hydrogen-bond donors (Lipinski definition) is 1. The first-order valence-corrected chi connectivity index (χ1v) is 6.88. The molecule has 0 aromatic rings. The molecule has 0 saturated carbocycles. The van der Waals surface area contributed by atoms with Crippen molar-refractivity contribution in [3.8, 4) is 0 Å². The zero-order valence-corrected chi connectivity index (χ0v) is 11.5. The number of urea groups is 1. The summed E-state index contributed by atoms with van der Waals surface area (Å²) in [6.45, 7) is 12.2. The molecular weight excluding hydrogens is 214 g/mol. The molecule has 2 amide bonds. The van der Waals surface area contributed by atoms with Crippen LogP contribution in [-0.4, -0.2) is 55.1 Å². The smallest absolute Gasteiger partial charge is 0.317 e. The lowest BCUT2D eigenvalue weighted by atomic mass is 10.2. The predicted molar refractivity (Wildman–Crippen MR) is 71.2 cm³/mol. The number of carbonyl (C=O) groups excluding carboxylic acids is 1. The van der Waals surface area contributed by atoms with Crippen molar-refractivity contribution in [3.05, 3.63) is 0 Å². The Balaban J connectivity index is 2.19. The molecule has 0 bridgehead atoms. The summed E-state index contributed by atoms with van der Waals surface area (Å²) in [6, 6.07) is 0.105. The Kier molecular flexibility index (Phi) is 6.34. The number of nitrogens with one attached hydrogen (secondary N) is 1. The van der Waals surface area contributed by atoms with E-state index in [0.717, 1.165) is 32.7 Å². The van der Waals surface area contributed by atoms with E-state index in [1.165, 1.54) is 19.4 Å². The van der Waals surface area contributed by atoms with Gasteiger partial charge in [-0.25, -0.2) is 4.79 Å². The summed E-state index contributed by atoms with van der Waals surface area (Å²) in [5, 5.41) is 2.98. The van der Waals surface area contributed by atoms with Gasteiger partial charge in [0.05, 0.1) is 0 Å². The third-order valence-electron chi connectivity index (χ3n) is 3.15. The lowest BCUT2D eigenvalue weighted by Crippen LogP contribution is -2.52. The summed E-state index contributed by atoms with van der Waals surface area (Å²) in [6.07, 6.45) is 2.51. The molecule has 4 heteroatoms. The van der Waals surface area contributed by atoms with Gasteiger partial charge >= 0.3 is 6.03 Å². The molecule has 1 saturated heterocycles. The minimum atomic E-state index is 0.105. The van der Waals surface area contributed by atoms with Crippen molar-refractivity contribution in [3.63, 3.8) is 0 Å². The van der Waals surface area contributed by atoms with Crippen LogP contribution >= 0.6 is 0 Å². The lowest BCUT2D eigenvalue weighted by molar-refractivity contribution is 0.138. The van der Waals surface area contributed by atoms with Crippen molar-refractivity contribution in [2.75, 3.05) is 39.3 Å². The molecule has 0 atom stereocenters. The van der Waals surface area contributed by atoms with Crippen LogP contribution in [0.2, 0.25) is 0 Å². The van der Waals surface area contributed by atoms with E-state index in [1.807, 2.05) is 4.90 Å². The number of nitrogens with zero attached hydrogens (tertiary/aromatic N) is 2. The molecule has 0 radical (unpaired) electrons. The molecule has 1 N–H and O–H groups in total. The van der Waals surface area contributed by atoms with Crippen LogP contribution in [0.3, 0.4) is 0 Å². The van der Waals surface area contributed by atoms with Crippen LogP contribution in [0.4, 0.5) is 4.79 Å². The Morgan fingerprint density at radius 3 is 2.41 bits per heavy atom. The van der Waals surface area contributed by atoms with Gasteiger partial charge in [-0.3, -0.25) is 4.90 Å². The second-order valence-corrected chi connectivity index (χ2v) is 5.26. The fraction of sp³-hybridized carbons (Fsp3) is 0.923. The van der Waals surface area contributed by atoms with E-state index in [0.29, 0.717) is 5.92 Å². The van der Waals surface area contributed by atoms with E-state index in [1.54, 1.807) is 0 Å². The maximum absolute atomic E-state index is 11.8. The summed E-state index contributed by atoms with van der Waals surface area (Å²) < 4.78 is 0. The standard InChI is InChI=1S/C13H27N3O/c1-4-5-6-15-7-9-16(10-8-15)13(17)14-11-12(2)3/h12H,4-11H2,1-3H3,(H,14,17). The van der Waals surface area contributed by atoms with Crippen molar-refractivity contribution in [1.82, 2.24) is 15.1 Å². The normalized spacial score (nSPS) is 17.5. The molecule has 17 heavy (non-hydrogen) atoms. The zero-order chi connectivity index (χ0) is 12.7. The summed E-state index contributed by atoms with van der Waals surface area (Å²) in [4.78, 5) is 16.2. The second kappa shape index (κ2) is 7.54. The molecule has 1 rings (SSSR count). The van der Waals surface area contributed by atoms with Gasteiger partial charge < -0.3 is 10.2 Å². The summed E-state index contributed by atoms with van der Waals surface area (Å²) in [7, 11) is 0. The molecule has 1 heterocycles. The number of carbonyl (C=O) groups is 1. The topological polar surface area (TPSA) is 35.6 Å². The van der Waals surface area contributed by atoms with Gasteiger partial charge in [-0.2, -0.15) is 0 Å². The van der Waals surface area contributed by atoms with Gasteiger partial charge in [0.2, 0.25) is 0 Å². The molecule has 1 aliphatic heterocycles. The monoisotopic (exact) mass is 241 g/mol. The van der Waals surface area contributed by atoms with Crippen molar-refractivity contribution >= 4 is 6.03 Å². The maximum atomic E-state index is 11.8. The Hall–Kier alpha value is -0.770. The van der Waals surface area contributed by atoms with Gasteiger partial charge in [-0.05, 0) is 18.9 Å². The van der Waals surface area contributed by atoms with E-state index in [9.17, 15) is 4.79 Å². The summed E-state index contributed by atoms with van der Waals surface area (Å²) >= 11 is 0. The van der Waals surface area contributed by atoms with E-state index in [2.05, 4.69) is 31.0 Å². The Morgan fingerprint density at radius 1 is 1.24 bits per heavy atom. The minimum absolute atomic E-state index is 0.105. The molecule has 0 unspecified atom stereocenters. The molecule has 0 aromatic carbocycles. The van der Waals surface area contributed by atoms with E-state index < -0.39 is 0 Å². The van der Waals surface area contributed by atoms with Crippen LogP contribution in [0.5, 0.6) is 0 Å². The van der Waals surface area contributed by atoms with Crippen molar-refractivity contribution < 1.29 is 4.79 Å². The van der Waals surface area contributed by atoms with Crippen LogP contribution in [0.25, 0.3) is 0 Å². The van der Waals surface area contributed by atoms with Gasteiger partial charge in [0.25, 0.3) is 0 Å². The molecular formula is C13H27N3O. The molecule has 0 aliphatic carbocycles. The van der Waals surface area contributed by atoms with Crippen LogP contribution in [0, 0.1) is 5.92 Å². The highest BCUT2D eigenvalue weighted by molar-refractivity contribution is 5.74. The molecule has 0 aromatic heterocycles. The first kappa shape index (κ1) is 14.3. The number of unbranched alkanes of at least 4 members (excludes halogenated alkanes) is 1. The van der Waals surface area contributed by atoms with Crippen LogP contribution in [0.1, 0.15) is 33.6 Å². The maximum Gasteiger partial charge on any atom is 0.317 e. The van der Waals surface area contributed by atoms with Crippen molar-refractivity contribution in [2.24, 2.45) is 5.92 Å². The quantitative estimate of drug-likeness (QED) is 0.796. The lowest BCUT2D eigenvalue weighted by Gasteiger charge is -2.34. The molecule has 1 aliphatic rings. The summed E-state index contributed by atoms with van der Waals surface area (Å²) in [5.41, 5.74) is 0. The van der Waals surface area contributed by atoms with E-state index in [4.69, 9.17) is 0 Å². The van der Waals surface area contributed by atoms with Crippen LogP contribution in [0.15, 0.2) is 0 Å². The van der Waals surface area contributed by atoms with E-state index >= 15 is 0 Å². The fourth-order valence-electron chi connectivity index (χ4n) is 1.96. The first-order chi connectivity index (χ1) is 8.13. The third-order valence-corrected chi connectivity index (χ3v) is 3.15. The van der Waals surface area contributed by atoms with Gasteiger partial charge in [0, 0.05) is 32.7 Å². The highest BCUT2D eigenvalue weighted by Gasteiger charge is 2.20. The number of rotatable bonds is 5. The SMILES string of the molecule is CCCCN1CCN(C(=O)NCC(C)C)CC1. The molecule has 1 fully saturated rings. The van der Waals surface area contributed by atoms with Gasteiger partial charge in [0.15, 0.2) is 0 Å². The molecule has 100 valence electrons. The summed E-state index contributed by atoms with van der Waals surface area (Å²) in [5.74, 6) is 0.518. The number of amides is 2. The second-order valence-electron chi connectivity index (χ2n) is 5.26. The average molecular weight is 241 g/mol. The Bertz CT molecular complexity index is 223. The highest BCUT2D eigenvalue weighted by atomic mass is 16.2. The van der Waals surface area contributed by atoms with Crippen LogP contribution in [-0.2, 0) is 0 Å². The molecule has 4 nitrogen and oxygen atoms in total. The predicted octanol–water partition coefficient (Wildman–Crippen LogP) is 1.77. The average Bonchev–Trinajstić information content (AvgIpc) is 2.34. The first-order valence-electron chi connectivity index (χ1n) is 6.88. The van der Waals surface area contributed by atoms with Crippen LogP contribution < -0.4 is 5.32 Å². The molecule has 0 spiro atoms. The fourth-order valence-corrected chi connectivity index (χ4v) is 1.96. The van der Waals surface area contributed by atoms with Gasteiger partial charge in [-0.1, -0.05) is 27.2 Å². The largest absolute Gasteiger partial charge is 0.338 e. The Morgan fingerprint density at radius 2 is 1.88 bits per heavy atom. The Labute approximate surface area is 105 Å². The van der Waals surface area contributed by atoms with E-state index in [-0.39, 0.29) is 6.03 Å². The van der Waals surface area contributed by atoms with Gasteiger partial charge in [-0.15, -0.1) is 0 Å². The zero-order valence-electron chi connectivity index (χ0n) is 11.5. The highest BCUT2D eigenvalue weighted by Crippen LogP contribution is 2.04. The third kappa shape index (κ3) is 5.39. The minimum Gasteiger partial charge on any atom is -0.338 e. The van der Waals surface area contributed by atoms with Gasteiger partial charge in [0.1, 0.15) is 0 Å².